The summed E-state index contributed by atoms with van der Waals surface area (Å²) in [6.07, 6.45) is 19.7. The number of carbonyl (C=O) groups is 1. The van der Waals surface area contributed by atoms with Crippen molar-refractivity contribution in [1.82, 2.24) is 4.90 Å². The van der Waals surface area contributed by atoms with Crippen molar-refractivity contribution in [3.63, 3.8) is 0 Å². The molecule has 0 spiro atoms. The number of rotatable bonds is 20. The zero-order chi connectivity index (χ0) is 21.1. The minimum absolute atomic E-state index is 0. The summed E-state index contributed by atoms with van der Waals surface area (Å²) >= 11 is 0. The van der Waals surface area contributed by atoms with Gasteiger partial charge in [-0.3, -0.25) is 4.79 Å². The smallest absolute Gasteiger partial charge is 0.748 e. The molecule has 168 valence electrons. The van der Waals surface area contributed by atoms with Crippen molar-refractivity contribution in [1.29, 1.82) is 0 Å². The van der Waals surface area contributed by atoms with Gasteiger partial charge in [0.15, 0.2) is 0 Å². The Bertz CT molecular complexity index is 471. The molecule has 0 bridgehead atoms. The molecule has 0 saturated heterocycles. The molecule has 0 heterocycles. The fraction of sp³-hybridized carbons (Fsp3) is 0.955. The molecule has 0 rings (SSSR count). The Labute approximate surface area is 223 Å². The summed E-state index contributed by atoms with van der Waals surface area (Å²) < 4.78 is 31.6. The van der Waals surface area contributed by atoms with Crippen molar-refractivity contribution in [2.45, 2.75) is 116 Å². The van der Waals surface area contributed by atoms with Gasteiger partial charge in [0.2, 0.25) is 5.91 Å². The summed E-state index contributed by atoms with van der Waals surface area (Å²) in [7, 11) is -2.38. The summed E-state index contributed by atoms with van der Waals surface area (Å²) in [5.74, 6) is -0.225. The van der Waals surface area contributed by atoms with Crippen LogP contribution in [0, 0.1) is 0 Å². The van der Waals surface area contributed by atoms with Crippen LogP contribution < -0.4 is 51.4 Å². The Morgan fingerprint density at radius 3 is 1.55 bits per heavy atom. The van der Waals surface area contributed by atoms with Crippen LogP contribution in [0.5, 0.6) is 0 Å². The van der Waals surface area contributed by atoms with Crippen LogP contribution in [0.4, 0.5) is 0 Å². The van der Waals surface area contributed by atoms with Crippen molar-refractivity contribution in [2.75, 3.05) is 19.3 Å². The Kier molecular flexibility index (Phi) is 24.7. The van der Waals surface area contributed by atoms with Gasteiger partial charge < -0.3 is 9.45 Å². The van der Waals surface area contributed by atoms with Crippen LogP contribution >= 0.6 is 0 Å². The number of hydrogen-bond donors (Lipinski definition) is 0. The van der Waals surface area contributed by atoms with Crippen LogP contribution in [0.15, 0.2) is 0 Å². The maximum absolute atomic E-state index is 12.0. The summed E-state index contributed by atoms with van der Waals surface area (Å²) in [4.78, 5) is 13.7. The van der Waals surface area contributed by atoms with E-state index in [0.717, 1.165) is 12.8 Å². The van der Waals surface area contributed by atoms with Gasteiger partial charge in [-0.2, -0.15) is 0 Å². The second-order valence-electron chi connectivity index (χ2n) is 8.13. The van der Waals surface area contributed by atoms with E-state index >= 15 is 0 Å². The molecular formula is C22H44KNO4S. The number of hydrogen-bond acceptors (Lipinski definition) is 4. The third kappa shape index (κ3) is 25.2. The van der Waals surface area contributed by atoms with Gasteiger partial charge in [-0.05, 0) is 19.3 Å². The monoisotopic (exact) mass is 457 g/mol. The Balaban J connectivity index is 0. The second kappa shape index (κ2) is 22.2. The van der Waals surface area contributed by atoms with Crippen LogP contribution in [0.25, 0.3) is 0 Å². The summed E-state index contributed by atoms with van der Waals surface area (Å²) in [6.45, 7) is 2.78. The first-order valence-corrected chi connectivity index (χ1v) is 13.1. The zero-order valence-corrected chi connectivity index (χ0v) is 23.4. The molecule has 0 saturated carbocycles. The number of nitrogens with zero attached hydrogens (tertiary/aromatic N) is 1. The SMILES string of the molecule is CCCCCCCCCCCCCCCCC(=O)N(C)CCCCS(=O)(=O)[O-].[K+]. The van der Waals surface area contributed by atoms with E-state index in [0.29, 0.717) is 25.8 Å². The number of carbonyl (C=O) groups excluding carboxylic acids is 1. The fourth-order valence-corrected chi connectivity index (χ4v) is 3.97. The molecule has 5 nitrogen and oxygen atoms in total. The van der Waals surface area contributed by atoms with Gasteiger partial charge in [0, 0.05) is 25.8 Å². The molecule has 0 aliphatic heterocycles. The molecule has 1 amide bonds. The topological polar surface area (TPSA) is 77.5 Å². The van der Waals surface area contributed by atoms with E-state index in [9.17, 15) is 17.8 Å². The van der Waals surface area contributed by atoms with Crippen molar-refractivity contribution < 1.29 is 69.1 Å². The number of unbranched alkanes of at least 4 members (excludes halogenated alkanes) is 14. The van der Waals surface area contributed by atoms with Gasteiger partial charge in [0.25, 0.3) is 0 Å². The summed E-state index contributed by atoms with van der Waals surface area (Å²) in [5, 5.41) is 0. The normalized spacial score (nSPS) is 11.3. The molecule has 0 aromatic carbocycles. The van der Waals surface area contributed by atoms with Crippen LogP contribution in [-0.4, -0.2) is 43.1 Å². The minimum atomic E-state index is -4.13. The molecule has 0 radical (unpaired) electrons. The molecule has 29 heavy (non-hydrogen) atoms. The van der Waals surface area contributed by atoms with Gasteiger partial charge in [-0.1, -0.05) is 90.4 Å². The standard InChI is InChI=1S/C22H45NO4S.K/c1-3-4-5-6-7-8-9-10-11-12-13-14-15-16-19-22(24)23(2)20-17-18-21-28(25,26)27;/h3-21H2,1-2H3,(H,25,26,27);/q;+1/p-1. The molecule has 0 fully saturated rings. The summed E-state index contributed by atoms with van der Waals surface area (Å²) in [6, 6.07) is 0. The van der Waals surface area contributed by atoms with Crippen LogP contribution in [-0.2, 0) is 14.9 Å². The van der Waals surface area contributed by atoms with Crippen LogP contribution in [0.2, 0.25) is 0 Å². The average molecular weight is 458 g/mol. The largest absolute Gasteiger partial charge is 1.00 e. The Hall–Kier alpha value is 1.02. The first-order valence-electron chi connectivity index (χ1n) is 11.5. The maximum Gasteiger partial charge on any atom is 1.00 e. The van der Waals surface area contributed by atoms with Gasteiger partial charge >= 0.3 is 51.4 Å². The number of amides is 1. The summed E-state index contributed by atoms with van der Waals surface area (Å²) in [5.41, 5.74) is 0. The molecule has 0 atom stereocenters. The van der Waals surface area contributed by atoms with Gasteiger partial charge in [0.1, 0.15) is 0 Å². The molecule has 0 aromatic heterocycles. The first kappa shape index (κ1) is 32.2. The molecule has 0 unspecified atom stereocenters. The van der Waals surface area contributed by atoms with Crippen molar-refractivity contribution >= 4 is 16.0 Å². The van der Waals surface area contributed by atoms with Crippen LogP contribution in [0.1, 0.15) is 116 Å². The maximum atomic E-state index is 12.0. The van der Waals surface area contributed by atoms with E-state index in [1.807, 2.05) is 0 Å². The fourth-order valence-electron chi connectivity index (χ4n) is 3.41. The molecule has 0 N–H and O–H groups in total. The van der Waals surface area contributed by atoms with Crippen molar-refractivity contribution in [3.8, 4) is 0 Å². The van der Waals surface area contributed by atoms with E-state index in [4.69, 9.17) is 0 Å². The predicted octanol–water partition coefficient (Wildman–Crippen LogP) is 2.65. The molecular weight excluding hydrogens is 413 g/mol. The minimum Gasteiger partial charge on any atom is -0.748 e. The zero-order valence-electron chi connectivity index (χ0n) is 19.4. The first-order chi connectivity index (χ1) is 13.4. The Morgan fingerprint density at radius 1 is 0.724 bits per heavy atom. The third-order valence-electron chi connectivity index (χ3n) is 5.31. The molecule has 7 heteroatoms. The van der Waals surface area contributed by atoms with Crippen LogP contribution in [0.3, 0.4) is 0 Å². The Morgan fingerprint density at radius 2 is 1.14 bits per heavy atom. The van der Waals surface area contributed by atoms with Gasteiger partial charge in [-0.25, -0.2) is 8.42 Å². The van der Waals surface area contributed by atoms with Crippen molar-refractivity contribution in [3.05, 3.63) is 0 Å². The van der Waals surface area contributed by atoms with Gasteiger partial charge in [-0.15, -0.1) is 0 Å². The van der Waals surface area contributed by atoms with Crippen molar-refractivity contribution in [2.24, 2.45) is 0 Å². The van der Waals surface area contributed by atoms with E-state index < -0.39 is 10.1 Å². The second-order valence-corrected chi connectivity index (χ2v) is 9.65. The molecule has 0 aliphatic carbocycles. The molecule has 0 aliphatic rings. The van der Waals surface area contributed by atoms with E-state index in [2.05, 4.69) is 6.92 Å². The van der Waals surface area contributed by atoms with E-state index in [1.54, 1.807) is 11.9 Å². The van der Waals surface area contributed by atoms with E-state index in [1.165, 1.54) is 77.0 Å². The third-order valence-corrected chi connectivity index (χ3v) is 6.10. The van der Waals surface area contributed by atoms with Gasteiger partial charge in [0.05, 0.1) is 10.1 Å². The average Bonchev–Trinajstić information content (AvgIpc) is 2.64. The molecule has 0 aromatic rings. The van der Waals surface area contributed by atoms with E-state index in [-0.39, 0.29) is 63.0 Å². The predicted molar refractivity (Wildman–Crippen MR) is 116 cm³/mol. The quantitative estimate of drug-likeness (QED) is 0.160.